The molecule has 0 fully saturated rings. The Labute approximate surface area is 191 Å². The van der Waals surface area contributed by atoms with Crippen LogP contribution in [0.25, 0.3) is 6.08 Å². The summed E-state index contributed by atoms with van der Waals surface area (Å²) in [5.74, 6) is 1.33. The molecule has 164 valence electrons. The van der Waals surface area contributed by atoms with Gasteiger partial charge >= 0.3 is 0 Å². The van der Waals surface area contributed by atoms with Crippen LogP contribution in [0.2, 0.25) is 0 Å². The molecule has 0 spiro atoms. The number of fused-ring (bicyclic) bond motifs is 1. The van der Waals surface area contributed by atoms with E-state index in [-0.39, 0.29) is 17.3 Å². The van der Waals surface area contributed by atoms with E-state index in [9.17, 15) is 4.79 Å². The van der Waals surface area contributed by atoms with E-state index in [1.54, 1.807) is 6.08 Å². The van der Waals surface area contributed by atoms with Gasteiger partial charge in [0.15, 0.2) is 5.84 Å². The van der Waals surface area contributed by atoms with E-state index in [4.69, 9.17) is 14.9 Å². The van der Waals surface area contributed by atoms with Crippen molar-refractivity contribution in [1.29, 1.82) is 5.41 Å². The van der Waals surface area contributed by atoms with Crippen molar-refractivity contribution in [3.05, 3.63) is 65.2 Å². The lowest BCUT2D eigenvalue weighted by molar-refractivity contribution is -0.114. The number of hydrazone groups is 1. The third-order valence-corrected chi connectivity index (χ3v) is 6.01. The van der Waals surface area contributed by atoms with Crippen LogP contribution >= 0.6 is 11.8 Å². The molecule has 2 aromatic rings. The van der Waals surface area contributed by atoms with Crippen molar-refractivity contribution in [1.82, 2.24) is 5.01 Å². The number of amides is 1. The molecule has 7 nitrogen and oxygen atoms in total. The molecule has 2 heterocycles. The molecule has 0 bridgehead atoms. The minimum absolute atomic E-state index is 0.0386. The van der Waals surface area contributed by atoms with E-state index in [2.05, 4.69) is 10.1 Å². The zero-order valence-corrected chi connectivity index (χ0v) is 19.0. The fourth-order valence-electron chi connectivity index (χ4n) is 3.02. The van der Waals surface area contributed by atoms with Gasteiger partial charge in [0, 0.05) is 5.92 Å². The van der Waals surface area contributed by atoms with Gasteiger partial charge < -0.3 is 9.47 Å². The number of benzene rings is 2. The minimum Gasteiger partial charge on any atom is -0.490 e. The molecule has 0 saturated heterocycles. The summed E-state index contributed by atoms with van der Waals surface area (Å²) in [6, 6.07) is 15.2. The van der Waals surface area contributed by atoms with E-state index < -0.39 is 5.91 Å². The van der Waals surface area contributed by atoms with Gasteiger partial charge in [-0.2, -0.15) is 15.1 Å². The summed E-state index contributed by atoms with van der Waals surface area (Å²) in [7, 11) is 0. The predicted molar refractivity (Wildman–Crippen MR) is 128 cm³/mol. The number of aliphatic imine (C=N–C) groups is 1. The summed E-state index contributed by atoms with van der Waals surface area (Å²) in [6.07, 6.45) is 1.66. The number of hydrogen-bond acceptors (Lipinski definition) is 6. The number of rotatable bonds is 7. The van der Waals surface area contributed by atoms with Gasteiger partial charge in [-0.25, -0.2) is 0 Å². The molecular formula is C24H24N4O3S. The molecule has 2 aliphatic heterocycles. The van der Waals surface area contributed by atoms with Crippen LogP contribution in [0.4, 0.5) is 0 Å². The first-order chi connectivity index (χ1) is 15.4. The summed E-state index contributed by atoms with van der Waals surface area (Å²) in [5.41, 5.74) is 2.18. The van der Waals surface area contributed by atoms with E-state index in [0.717, 1.165) is 16.4 Å². The normalized spacial score (nSPS) is 16.9. The number of hydrogen-bond donors (Lipinski definition) is 1. The molecule has 0 radical (unpaired) electrons. The molecule has 0 atom stereocenters. The lowest BCUT2D eigenvalue weighted by atomic mass is 10.1. The fourth-order valence-corrected chi connectivity index (χ4v) is 3.91. The predicted octanol–water partition coefficient (Wildman–Crippen LogP) is 4.73. The summed E-state index contributed by atoms with van der Waals surface area (Å²) >= 11 is 1.34. The van der Waals surface area contributed by atoms with Gasteiger partial charge in [-0.1, -0.05) is 43.7 Å². The van der Waals surface area contributed by atoms with Crippen LogP contribution in [-0.4, -0.2) is 40.2 Å². The van der Waals surface area contributed by atoms with Crippen LogP contribution in [0, 0.1) is 18.3 Å². The number of carbonyl (C=O) groups is 1. The van der Waals surface area contributed by atoms with Crippen LogP contribution in [0.15, 0.2) is 64.2 Å². The molecule has 32 heavy (non-hydrogen) atoms. The molecule has 1 N–H and O–H groups in total. The average molecular weight is 449 g/mol. The maximum atomic E-state index is 12.5. The molecule has 8 heteroatoms. The molecule has 0 saturated carbocycles. The van der Waals surface area contributed by atoms with Gasteiger partial charge in [0.1, 0.15) is 29.8 Å². The number of carbonyl (C=O) groups excluding carboxylic acids is 1. The number of thioether (sulfide) groups is 1. The second-order valence-electron chi connectivity index (χ2n) is 7.69. The first-order valence-corrected chi connectivity index (χ1v) is 11.1. The number of nitrogens with one attached hydrogen (secondary N) is 1. The van der Waals surface area contributed by atoms with Crippen molar-refractivity contribution in [2.24, 2.45) is 16.0 Å². The number of amidine groups is 2. The largest absolute Gasteiger partial charge is 0.490 e. The van der Waals surface area contributed by atoms with Crippen LogP contribution in [0.3, 0.4) is 0 Å². The Morgan fingerprint density at radius 3 is 2.22 bits per heavy atom. The van der Waals surface area contributed by atoms with Gasteiger partial charge in [0.2, 0.25) is 5.17 Å². The molecule has 0 aromatic heterocycles. The minimum atomic E-state index is -0.428. The molecule has 2 aliphatic rings. The van der Waals surface area contributed by atoms with E-state index in [1.807, 2.05) is 69.3 Å². The van der Waals surface area contributed by atoms with Crippen molar-refractivity contribution in [2.45, 2.75) is 20.8 Å². The second-order valence-corrected chi connectivity index (χ2v) is 8.68. The Kier molecular flexibility index (Phi) is 6.41. The summed E-state index contributed by atoms with van der Waals surface area (Å²) in [5, 5.41) is 15.6. The molecule has 1 amide bonds. The Morgan fingerprint density at radius 1 is 1.03 bits per heavy atom. The summed E-state index contributed by atoms with van der Waals surface area (Å²) in [4.78, 5) is 16.6. The summed E-state index contributed by atoms with van der Waals surface area (Å²) < 4.78 is 11.4. The van der Waals surface area contributed by atoms with E-state index >= 15 is 0 Å². The first kappa shape index (κ1) is 21.8. The van der Waals surface area contributed by atoms with Crippen molar-refractivity contribution in [2.75, 3.05) is 13.2 Å². The topological polar surface area (TPSA) is 87.3 Å². The highest BCUT2D eigenvalue weighted by Gasteiger charge is 2.36. The van der Waals surface area contributed by atoms with Gasteiger partial charge in [-0.15, -0.1) is 0 Å². The SMILES string of the molecule is Cc1ccc(OCCOc2ccc(C=C3C(=N)N4N=C(C(C)C)SC4=NC3=O)cc2)cc1. The van der Waals surface area contributed by atoms with Crippen molar-refractivity contribution in [3.8, 4) is 11.5 Å². The van der Waals surface area contributed by atoms with Gasteiger partial charge in [-0.3, -0.25) is 10.2 Å². The van der Waals surface area contributed by atoms with E-state index in [1.165, 1.54) is 22.3 Å². The Bertz CT molecular complexity index is 1120. The lowest BCUT2D eigenvalue weighted by Gasteiger charge is -2.20. The number of nitrogens with zero attached hydrogens (tertiary/aromatic N) is 3. The highest BCUT2D eigenvalue weighted by atomic mass is 32.2. The fraction of sp³-hybridized carbons (Fsp3) is 0.250. The highest BCUT2D eigenvalue weighted by molar-refractivity contribution is 8.27. The number of aryl methyl sites for hydroxylation is 1. The van der Waals surface area contributed by atoms with Gasteiger partial charge in [-0.05, 0) is 54.6 Å². The third kappa shape index (κ3) is 4.91. The first-order valence-electron chi connectivity index (χ1n) is 10.3. The maximum absolute atomic E-state index is 12.5. The molecule has 4 rings (SSSR count). The smallest absolute Gasteiger partial charge is 0.283 e. The lowest BCUT2D eigenvalue weighted by Crippen LogP contribution is -2.35. The highest BCUT2D eigenvalue weighted by Crippen LogP contribution is 2.30. The molecular weight excluding hydrogens is 424 g/mol. The Balaban J connectivity index is 1.36. The zero-order chi connectivity index (χ0) is 22.7. The molecule has 0 aliphatic carbocycles. The maximum Gasteiger partial charge on any atom is 0.283 e. The third-order valence-electron chi connectivity index (χ3n) is 4.80. The molecule has 0 unspecified atom stereocenters. The number of ether oxygens (including phenoxy) is 2. The summed E-state index contributed by atoms with van der Waals surface area (Å²) in [6.45, 7) is 6.92. The van der Waals surface area contributed by atoms with Crippen LogP contribution in [-0.2, 0) is 4.79 Å². The monoisotopic (exact) mass is 448 g/mol. The van der Waals surface area contributed by atoms with Crippen LogP contribution in [0.1, 0.15) is 25.0 Å². The molecule has 2 aromatic carbocycles. The van der Waals surface area contributed by atoms with Crippen LogP contribution in [0.5, 0.6) is 11.5 Å². The van der Waals surface area contributed by atoms with Crippen LogP contribution < -0.4 is 9.47 Å². The van der Waals surface area contributed by atoms with Gasteiger partial charge in [0.05, 0.1) is 5.57 Å². The zero-order valence-electron chi connectivity index (χ0n) is 18.2. The second kappa shape index (κ2) is 9.40. The quantitative estimate of drug-likeness (QED) is 0.489. The van der Waals surface area contributed by atoms with Crippen molar-refractivity contribution >= 4 is 39.8 Å². The van der Waals surface area contributed by atoms with Crippen molar-refractivity contribution in [3.63, 3.8) is 0 Å². The Morgan fingerprint density at radius 2 is 1.62 bits per heavy atom. The standard InChI is InChI=1S/C24H24N4O3S/c1-15(2)23-27-28-21(25)20(22(29)26-24(28)32-23)14-17-6-10-19(11-7-17)31-13-12-30-18-8-4-16(3)5-9-18/h4-11,14-15,25H,12-13H2,1-3H3. The average Bonchev–Trinajstić information content (AvgIpc) is 3.21. The van der Waals surface area contributed by atoms with Crippen molar-refractivity contribution < 1.29 is 14.3 Å². The van der Waals surface area contributed by atoms with E-state index in [0.29, 0.717) is 24.1 Å². The van der Waals surface area contributed by atoms with Gasteiger partial charge in [0.25, 0.3) is 5.91 Å². The Hall–Kier alpha value is -3.39.